The molecule has 0 unspecified atom stereocenters. The Morgan fingerprint density at radius 1 is 0.500 bits per heavy atom. The zero-order valence-corrected chi connectivity index (χ0v) is 38.1. The number of carbonyl (C=O) groups excluding carboxylic acids is 4. The number of hydrogen-bond acceptors (Lipinski definition) is 6. The minimum atomic E-state index is -0.786. The maximum absolute atomic E-state index is 14.2. The van der Waals surface area contributed by atoms with E-state index in [9.17, 15) is 19.2 Å². The number of benzene rings is 4. The van der Waals surface area contributed by atoms with Gasteiger partial charge in [0, 0.05) is 50.4 Å². The lowest BCUT2D eigenvalue weighted by Crippen LogP contribution is -2.46. The Balaban J connectivity index is 0.771. The number of aromatic nitrogens is 4. The van der Waals surface area contributed by atoms with E-state index in [1.807, 2.05) is 131 Å². The van der Waals surface area contributed by atoms with E-state index in [1.54, 1.807) is 9.80 Å². The second-order valence-corrected chi connectivity index (χ2v) is 18.1. The number of hydrogen-bond donors (Lipinski definition) is 4. The van der Waals surface area contributed by atoms with Gasteiger partial charge in [-0.05, 0) is 97.9 Å². The van der Waals surface area contributed by atoms with Crippen molar-refractivity contribution < 1.29 is 19.2 Å². The van der Waals surface area contributed by atoms with Crippen LogP contribution < -0.4 is 10.6 Å². The number of imidazole rings is 2. The van der Waals surface area contributed by atoms with Gasteiger partial charge < -0.3 is 40.2 Å². The standard InChI is InChI=1S/C54H56N10O4/c65-51(47(41-13-3-1-4-14-41)59-53(67)61-29-7-8-30-61)63-33-11-17-45(63)49-55-35-43(57-49)39-25-21-37(22-26-39)19-20-38-23-27-40(28-24-38)44-36-56-50(58-44)46-18-12-34-64(46)52(66)48(42-15-5-2-6-16-42)60-54(68)62-31-9-10-32-62/h1-6,13-16,21-28,35-36,45-48H,7-12,17-18,29-34H2,(H,55,57)(H,56,58)(H,59,67)(H,60,68)/t45-,46-,47+,48+/m0/s1. The Morgan fingerprint density at radius 3 is 1.26 bits per heavy atom. The third kappa shape index (κ3) is 9.60. The van der Waals surface area contributed by atoms with Crippen molar-refractivity contribution in [2.75, 3.05) is 39.3 Å². The molecule has 4 aliphatic rings. The Bertz CT molecular complexity index is 2600. The van der Waals surface area contributed by atoms with E-state index in [0.29, 0.717) is 39.3 Å². The molecule has 14 nitrogen and oxygen atoms in total. The summed E-state index contributed by atoms with van der Waals surface area (Å²) in [4.78, 5) is 78.6. The van der Waals surface area contributed by atoms with Crippen LogP contribution in [0.4, 0.5) is 9.59 Å². The summed E-state index contributed by atoms with van der Waals surface area (Å²) < 4.78 is 0. The van der Waals surface area contributed by atoms with E-state index in [0.717, 1.165) is 108 Å². The van der Waals surface area contributed by atoms with Crippen molar-refractivity contribution in [3.63, 3.8) is 0 Å². The van der Waals surface area contributed by atoms with Gasteiger partial charge in [0.1, 0.15) is 23.7 Å². The molecule has 4 atom stereocenters. The molecule has 6 heterocycles. The van der Waals surface area contributed by atoms with Gasteiger partial charge in [-0.1, -0.05) is 96.8 Å². The van der Waals surface area contributed by atoms with Gasteiger partial charge in [0.2, 0.25) is 11.8 Å². The molecule has 6 aromatic rings. The Kier molecular flexibility index (Phi) is 13.0. The van der Waals surface area contributed by atoms with Gasteiger partial charge in [-0.15, -0.1) is 0 Å². The lowest BCUT2D eigenvalue weighted by molar-refractivity contribution is -0.135. The van der Waals surface area contributed by atoms with Crippen LogP contribution in [0.5, 0.6) is 0 Å². The first-order chi connectivity index (χ1) is 33.4. The highest BCUT2D eigenvalue weighted by Gasteiger charge is 2.39. The van der Waals surface area contributed by atoms with Crippen LogP contribution in [0.1, 0.15) is 109 Å². The minimum Gasteiger partial charge on any atom is -0.340 e. The molecule has 2 aromatic heterocycles. The number of nitrogens with zero attached hydrogens (tertiary/aromatic N) is 6. The molecular formula is C54H56N10O4. The molecule has 0 saturated carbocycles. The maximum Gasteiger partial charge on any atom is 0.318 e. The minimum absolute atomic E-state index is 0.132. The largest absolute Gasteiger partial charge is 0.340 e. The molecule has 6 amide bonds. The lowest BCUT2D eigenvalue weighted by Gasteiger charge is -2.30. The number of nitrogens with one attached hydrogen (secondary N) is 4. The summed E-state index contributed by atoms with van der Waals surface area (Å²) in [7, 11) is 0. The molecule has 68 heavy (non-hydrogen) atoms. The lowest BCUT2D eigenvalue weighted by atomic mass is 10.0. The summed E-state index contributed by atoms with van der Waals surface area (Å²) in [5.74, 6) is 7.77. The predicted octanol–water partition coefficient (Wildman–Crippen LogP) is 8.29. The fraction of sp³-hybridized carbons (Fsp3) is 0.333. The van der Waals surface area contributed by atoms with Gasteiger partial charge in [-0.2, -0.15) is 0 Å². The topological polar surface area (TPSA) is 163 Å². The molecule has 4 N–H and O–H groups in total. The van der Waals surface area contributed by atoms with E-state index in [1.165, 1.54) is 0 Å². The van der Waals surface area contributed by atoms with Crippen molar-refractivity contribution >= 4 is 23.9 Å². The van der Waals surface area contributed by atoms with Crippen molar-refractivity contribution in [3.8, 4) is 34.4 Å². The molecule has 4 fully saturated rings. The number of aromatic amines is 2. The molecule has 0 bridgehead atoms. The summed E-state index contributed by atoms with van der Waals surface area (Å²) in [6, 6.07) is 32.5. The number of likely N-dealkylation sites (tertiary alicyclic amines) is 4. The fourth-order valence-electron chi connectivity index (χ4n) is 10.0. The van der Waals surface area contributed by atoms with E-state index in [4.69, 9.17) is 9.97 Å². The van der Waals surface area contributed by atoms with Gasteiger partial charge >= 0.3 is 12.1 Å². The SMILES string of the molecule is O=C(N[C@@H](C(=O)N1CCC[C@H]1c1ncc(-c2ccc(C#Cc3ccc(-c4cnc([C@@H]5CCCN5C(=O)[C@H](NC(=O)N5CCCC5)c5ccccc5)[nH]4)cc3)cc2)[nH]1)c1ccccc1)N1CCCC1. The monoisotopic (exact) mass is 908 g/mol. The van der Waals surface area contributed by atoms with Crippen molar-refractivity contribution in [3.05, 3.63) is 155 Å². The fourth-order valence-corrected chi connectivity index (χ4v) is 10.0. The van der Waals surface area contributed by atoms with Crippen LogP contribution in [0.25, 0.3) is 22.5 Å². The summed E-state index contributed by atoms with van der Waals surface area (Å²) in [6.07, 6.45) is 10.8. The van der Waals surface area contributed by atoms with Gasteiger partial charge in [-0.3, -0.25) is 9.59 Å². The third-order valence-electron chi connectivity index (χ3n) is 13.7. The van der Waals surface area contributed by atoms with Crippen LogP contribution >= 0.6 is 0 Å². The first-order valence-corrected chi connectivity index (χ1v) is 24.0. The van der Waals surface area contributed by atoms with Gasteiger partial charge in [-0.25, -0.2) is 19.6 Å². The highest BCUT2D eigenvalue weighted by Crippen LogP contribution is 2.36. The second kappa shape index (κ2) is 20.1. The molecule has 0 radical (unpaired) electrons. The Hall–Kier alpha value is -7.66. The first-order valence-electron chi connectivity index (χ1n) is 24.0. The van der Waals surface area contributed by atoms with Crippen LogP contribution in [0.2, 0.25) is 0 Å². The van der Waals surface area contributed by atoms with Crippen LogP contribution in [-0.2, 0) is 9.59 Å². The summed E-state index contributed by atoms with van der Waals surface area (Å²) in [5, 5.41) is 6.10. The van der Waals surface area contributed by atoms with Crippen molar-refractivity contribution in [2.24, 2.45) is 0 Å². The van der Waals surface area contributed by atoms with Gasteiger partial charge in [0.25, 0.3) is 0 Å². The molecule has 0 spiro atoms. The van der Waals surface area contributed by atoms with E-state index >= 15 is 0 Å². The molecule has 0 aliphatic carbocycles. The van der Waals surface area contributed by atoms with E-state index in [-0.39, 0.29) is 36.0 Å². The van der Waals surface area contributed by atoms with Crippen LogP contribution in [0.15, 0.2) is 122 Å². The highest BCUT2D eigenvalue weighted by molar-refractivity contribution is 5.89. The number of carbonyl (C=O) groups is 4. The quantitative estimate of drug-likeness (QED) is 0.101. The number of amides is 6. The number of urea groups is 2. The molecular weight excluding hydrogens is 853 g/mol. The predicted molar refractivity (Wildman–Crippen MR) is 258 cm³/mol. The second-order valence-electron chi connectivity index (χ2n) is 18.1. The zero-order chi connectivity index (χ0) is 46.4. The summed E-state index contributed by atoms with van der Waals surface area (Å²) in [6.45, 7) is 3.99. The molecule has 10 rings (SSSR count). The maximum atomic E-state index is 14.2. The molecule has 4 saturated heterocycles. The molecule has 14 heteroatoms. The highest BCUT2D eigenvalue weighted by atomic mass is 16.2. The smallest absolute Gasteiger partial charge is 0.318 e. The van der Waals surface area contributed by atoms with Crippen molar-refractivity contribution in [2.45, 2.75) is 75.5 Å². The van der Waals surface area contributed by atoms with Gasteiger partial charge in [0.15, 0.2) is 0 Å². The average molecular weight is 909 g/mol. The van der Waals surface area contributed by atoms with Crippen molar-refractivity contribution in [1.82, 2.24) is 50.2 Å². The average Bonchev–Trinajstić information content (AvgIpc) is 4.24. The number of rotatable bonds is 10. The first kappa shape index (κ1) is 44.2. The Labute approximate surface area is 396 Å². The summed E-state index contributed by atoms with van der Waals surface area (Å²) >= 11 is 0. The summed E-state index contributed by atoms with van der Waals surface area (Å²) in [5.41, 5.74) is 6.87. The van der Waals surface area contributed by atoms with Crippen LogP contribution in [0, 0.1) is 11.8 Å². The van der Waals surface area contributed by atoms with E-state index in [2.05, 4.69) is 32.4 Å². The normalized spacial score (nSPS) is 18.8. The van der Waals surface area contributed by atoms with Crippen LogP contribution in [0.3, 0.4) is 0 Å². The van der Waals surface area contributed by atoms with Crippen molar-refractivity contribution in [1.29, 1.82) is 0 Å². The zero-order valence-electron chi connectivity index (χ0n) is 38.1. The van der Waals surface area contributed by atoms with E-state index < -0.39 is 12.1 Å². The Morgan fingerprint density at radius 2 is 0.882 bits per heavy atom. The van der Waals surface area contributed by atoms with Gasteiger partial charge in [0.05, 0.1) is 35.9 Å². The molecule has 4 aromatic carbocycles. The molecule has 346 valence electrons. The third-order valence-corrected chi connectivity index (χ3v) is 13.7. The molecule has 4 aliphatic heterocycles. The number of H-pyrrole nitrogens is 2. The van der Waals surface area contributed by atoms with Crippen LogP contribution in [-0.4, -0.2) is 103 Å².